The minimum atomic E-state index is -0.427. The van der Waals surface area contributed by atoms with Gasteiger partial charge in [0.1, 0.15) is 0 Å². The molecule has 0 radical (unpaired) electrons. The molecule has 2 aromatic carbocycles. The van der Waals surface area contributed by atoms with Crippen molar-refractivity contribution < 1.29 is 4.79 Å². The molecule has 0 aliphatic rings. The van der Waals surface area contributed by atoms with Gasteiger partial charge in [-0.2, -0.15) is 0 Å². The summed E-state index contributed by atoms with van der Waals surface area (Å²) in [6.07, 6.45) is 0. The van der Waals surface area contributed by atoms with Gasteiger partial charge in [-0.15, -0.1) is 15.0 Å². The second kappa shape index (κ2) is 6.64. The summed E-state index contributed by atoms with van der Waals surface area (Å²) < 4.78 is 0.944. The van der Waals surface area contributed by atoms with Gasteiger partial charge in [-0.3, -0.25) is 9.78 Å². The fourth-order valence-electron chi connectivity index (χ4n) is 2.58. The Kier molecular flexibility index (Phi) is 4.18. The molecule has 0 aliphatic carbocycles. The number of aryl methyl sites for hydroxylation is 1. The number of hydrogen-bond acceptors (Lipinski definition) is 5. The maximum atomic E-state index is 12.6. The Morgan fingerprint density at radius 2 is 1.88 bits per heavy atom. The van der Waals surface area contributed by atoms with Gasteiger partial charge < -0.3 is 5.32 Å². The first-order chi connectivity index (χ1) is 12.6. The van der Waals surface area contributed by atoms with Crippen molar-refractivity contribution in [2.24, 2.45) is 0 Å². The summed E-state index contributed by atoms with van der Waals surface area (Å²) in [7, 11) is 0. The highest BCUT2D eigenvalue weighted by Gasteiger charge is 2.15. The zero-order chi connectivity index (χ0) is 18.1. The van der Waals surface area contributed by atoms with Gasteiger partial charge in [0.05, 0.1) is 16.9 Å². The second-order valence-electron chi connectivity index (χ2n) is 5.66. The predicted molar refractivity (Wildman–Crippen MR) is 101 cm³/mol. The fourth-order valence-corrected chi connectivity index (χ4v) is 2.84. The standard InChI is InChI=1S/C18H13BrN6O/c1-11-10-16(14-4-2-3-5-15(14)20-11)21-18(26)17-22-24-25(23-17)13-8-6-12(19)7-9-13/h2-10H,1H3,(H,20,21,26). The van der Waals surface area contributed by atoms with Gasteiger partial charge in [-0.05, 0) is 48.5 Å². The number of halogens is 1. The van der Waals surface area contributed by atoms with Gasteiger partial charge in [0.2, 0.25) is 0 Å². The van der Waals surface area contributed by atoms with Crippen LogP contribution >= 0.6 is 15.9 Å². The molecule has 0 atom stereocenters. The smallest absolute Gasteiger partial charge is 0.297 e. The van der Waals surface area contributed by atoms with E-state index in [1.807, 2.05) is 61.5 Å². The Morgan fingerprint density at radius 1 is 1.12 bits per heavy atom. The number of amides is 1. The molecule has 0 bridgehead atoms. The van der Waals surface area contributed by atoms with Crippen molar-refractivity contribution in [3.63, 3.8) is 0 Å². The summed E-state index contributed by atoms with van der Waals surface area (Å²) in [4.78, 5) is 18.3. The Labute approximate surface area is 157 Å². The fraction of sp³-hybridized carbons (Fsp3) is 0.0556. The molecule has 0 unspecified atom stereocenters. The van der Waals surface area contributed by atoms with Crippen molar-refractivity contribution in [2.45, 2.75) is 6.92 Å². The van der Waals surface area contributed by atoms with Crippen LogP contribution in [-0.2, 0) is 0 Å². The molecule has 0 spiro atoms. The average Bonchev–Trinajstić information content (AvgIpc) is 3.12. The zero-order valence-corrected chi connectivity index (χ0v) is 15.3. The number of pyridine rings is 1. The third-order valence-corrected chi connectivity index (χ3v) is 4.30. The molecule has 0 fully saturated rings. The lowest BCUT2D eigenvalue weighted by Crippen LogP contribution is -2.15. The molecule has 4 aromatic rings. The number of nitrogens with one attached hydrogen (secondary N) is 1. The quantitative estimate of drug-likeness (QED) is 0.560. The summed E-state index contributed by atoms with van der Waals surface area (Å²) in [5, 5.41) is 15.7. The van der Waals surface area contributed by atoms with E-state index >= 15 is 0 Å². The van der Waals surface area contributed by atoms with Crippen LogP contribution in [0, 0.1) is 6.92 Å². The number of hydrogen-bond donors (Lipinski definition) is 1. The monoisotopic (exact) mass is 408 g/mol. The van der Waals surface area contributed by atoms with Crippen molar-refractivity contribution in [1.29, 1.82) is 0 Å². The Balaban J connectivity index is 1.63. The van der Waals surface area contributed by atoms with Gasteiger partial charge in [0, 0.05) is 15.6 Å². The van der Waals surface area contributed by atoms with Crippen LogP contribution in [-0.4, -0.2) is 31.1 Å². The molecule has 1 N–H and O–H groups in total. The molecule has 0 aliphatic heterocycles. The third kappa shape index (κ3) is 3.18. The molecular formula is C18H13BrN6O. The number of fused-ring (bicyclic) bond motifs is 1. The number of aromatic nitrogens is 5. The summed E-state index contributed by atoms with van der Waals surface area (Å²) in [6.45, 7) is 1.88. The second-order valence-corrected chi connectivity index (χ2v) is 6.58. The van der Waals surface area contributed by atoms with Gasteiger partial charge in [0.25, 0.3) is 11.7 Å². The number of para-hydroxylation sites is 1. The van der Waals surface area contributed by atoms with Crippen molar-refractivity contribution >= 4 is 38.4 Å². The Morgan fingerprint density at radius 3 is 2.69 bits per heavy atom. The molecule has 7 nitrogen and oxygen atoms in total. The van der Waals surface area contributed by atoms with Crippen LogP contribution in [0.3, 0.4) is 0 Å². The lowest BCUT2D eigenvalue weighted by Gasteiger charge is -2.08. The number of carbonyl (C=O) groups is 1. The van der Waals surface area contributed by atoms with Crippen LogP contribution < -0.4 is 5.32 Å². The van der Waals surface area contributed by atoms with E-state index in [0.29, 0.717) is 11.4 Å². The Bertz CT molecular complexity index is 1110. The number of benzene rings is 2. The van der Waals surface area contributed by atoms with E-state index in [1.165, 1.54) is 4.80 Å². The molecule has 8 heteroatoms. The first kappa shape index (κ1) is 16.3. The maximum absolute atomic E-state index is 12.6. The summed E-state index contributed by atoms with van der Waals surface area (Å²) >= 11 is 3.37. The zero-order valence-electron chi connectivity index (χ0n) is 13.7. The first-order valence-corrected chi connectivity index (χ1v) is 8.63. The first-order valence-electron chi connectivity index (χ1n) is 7.84. The summed E-state index contributed by atoms with van der Waals surface area (Å²) in [5.41, 5.74) is 3.00. The van der Waals surface area contributed by atoms with Crippen molar-refractivity contribution in [1.82, 2.24) is 25.2 Å². The van der Waals surface area contributed by atoms with Gasteiger partial charge >= 0.3 is 0 Å². The third-order valence-electron chi connectivity index (χ3n) is 3.77. The van der Waals surface area contributed by atoms with Crippen LogP contribution in [0.1, 0.15) is 16.3 Å². The molecule has 2 aromatic heterocycles. The molecule has 1 amide bonds. The molecule has 0 saturated carbocycles. The highest BCUT2D eigenvalue weighted by atomic mass is 79.9. The highest BCUT2D eigenvalue weighted by Crippen LogP contribution is 2.23. The largest absolute Gasteiger partial charge is 0.318 e. The van der Waals surface area contributed by atoms with E-state index in [1.54, 1.807) is 0 Å². The van der Waals surface area contributed by atoms with E-state index in [4.69, 9.17) is 0 Å². The normalized spacial score (nSPS) is 10.8. The molecular weight excluding hydrogens is 396 g/mol. The Hall–Kier alpha value is -3.13. The van der Waals surface area contributed by atoms with E-state index in [-0.39, 0.29) is 5.82 Å². The minimum Gasteiger partial charge on any atom is -0.318 e. The van der Waals surface area contributed by atoms with Crippen LogP contribution in [0.5, 0.6) is 0 Å². The lowest BCUT2D eigenvalue weighted by atomic mass is 10.1. The highest BCUT2D eigenvalue weighted by molar-refractivity contribution is 9.10. The minimum absolute atomic E-state index is 0.00790. The number of rotatable bonds is 3. The van der Waals surface area contributed by atoms with E-state index in [9.17, 15) is 4.79 Å². The van der Waals surface area contributed by atoms with E-state index < -0.39 is 5.91 Å². The van der Waals surface area contributed by atoms with Gasteiger partial charge in [-0.25, -0.2) is 0 Å². The SMILES string of the molecule is Cc1cc(NC(=O)c2nnn(-c3ccc(Br)cc3)n2)c2ccccc2n1. The van der Waals surface area contributed by atoms with E-state index in [0.717, 1.165) is 21.1 Å². The summed E-state index contributed by atoms with van der Waals surface area (Å²) in [5.74, 6) is -0.435. The molecule has 4 rings (SSSR count). The number of tetrazole rings is 1. The maximum Gasteiger partial charge on any atom is 0.297 e. The molecule has 128 valence electrons. The van der Waals surface area contributed by atoms with E-state index in [2.05, 4.69) is 41.6 Å². The van der Waals surface area contributed by atoms with Crippen molar-refractivity contribution in [2.75, 3.05) is 5.32 Å². The number of anilines is 1. The number of carbonyl (C=O) groups excluding carboxylic acids is 1. The van der Waals surface area contributed by atoms with Crippen LogP contribution in [0.4, 0.5) is 5.69 Å². The summed E-state index contributed by atoms with van der Waals surface area (Å²) in [6, 6.07) is 16.8. The molecule has 26 heavy (non-hydrogen) atoms. The van der Waals surface area contributed by atoms with Crippen LogP contribution in [0.2, 0.25) is 0 Å². The molecule has 2 heterocycles. The van der Waals surface area contributed by atoms with Crippen LogP contribution in [0.25, 0.3) is 16.6 Å². The van der Waals surface area contributed by atoms with Crippen molar-refractivity contribution in [3.8, 4) is 5.69 Å². The molecule has 0 saturated heterocycles. The van der Waals surface area contributed by atoms with Crippen molar-refractivity contribution in [3.05, 3.63) is 70.6 Å². The topological polar surface area (TPSA) is 85.6 Å². The van der Waals surface area contributed by atoms with Gasteiger partial charge in [0.15, 0.2) is 0 Å². The lowest BCUT2D eigenvalue weighted by molar-refractivity contribution is 0.101. The van der Waals surface area contributed by atoms with Gasteiger partial charge in [-0.1, -0.05) is 34.1 Å². The predicted octanol–water partition coefficient (Wildman–Crippen LogP) is 3.53. The average molecular weight is 409 g/mol. The number of nitrogens with zero attached hydrogens (tertiary/aromatic N) is 5. The van der Waals surface area contributed by atoms with Crippen LogP contribution in [0.15, 0.2) is 59.1 Å².